The molecule has 0 aromatic heterocycles. The van der Waals surface area contributed by atoms with Gasteiger partial charge in [-0.1, -0.05) is 217 Å². The van der Waals surface area contributed by atoms with Crippen molar-refractivity contribution in [3.63, 3.8) is 0 Å². The van der Waals surface area contributed by atoms with Crippen molar-refractivity contribution in [2.24, 2.45) is 0 Å². The molecular formula is C50H45CuNP2. The van der Waals surface area contributed by atoms with Crippen molar-refractivity contribution >= 4 is 59.0 Å². The van der Waals surface area contributed by atoms with Gasteiger partial charge in [0.15, 0.2) is 0 Å². The van der Waals surface area contributed by atoms with E-state index in [1.54, 1.807) is 0 Å². The van der Waals surface area contributed by atoms with Crippen LogP contribution < -0.4 is 37.1 Å². The third kappa shape index (κ3) is 12.0. The summed E-state index contributed by atoms with van der Waals surface area (Å²) in [5.41, 5.74) is 4.82. The molecule has 8 aromatic carbocycles. The molecule has 0 spiro atoms. The van der Waals surface area contributed by atoms with Crippen molar-refractivity contribution in [1.29, 1.82) is 0 Å². The molecule has 0 saturated heterocycles. The molecule has 8 rings (SSSR count). The Labute approximate surface area is 335 Å². The largest absolute Gasteiger partial charge is 0.356 e. The Bertz CT molecular complexity index is 1830. The number of hydrogen-bond acceptors (Lipinski definition) is 1. The minimum absolute atomic E-state index is 0. The van der Waals surface area contributed by atoms with E-state index in [2.05, 4.69) is 250 Å². The molecule has 1 radical (unpaired) electrons. The Balaban J connectivity index is 0.000000156. The van der Waals surface area contributed by atoms with Crippen LogP contribution in [0.3, 0.4) is 0 Å². The molecule has 4 heteroatoms. The predicted octanol–water partition coefficient (Wildman–Crippen LogP) is 10.9. The maximum atomic E-state index is 3.36. The fourth-order valence-electron chi connectivity index (χ4n) is 5.80. The molecule has 0 aliphatic carbocycles. The summed E-state index contributed by atoms with van der Waals surface area (Å²) in [7, 11) is -0.892. The van der Waals surface area contributed by atoms with Crippen molar-refractivity contribution in [1.82, 2.24) is 0 Å². The smallest absolute Gasteiger partial charge is 0.0384 e. The average molecular weight is 785 g/mol. The van der Waals surface area contributed by atoms with E-state index in [0.29, 0.717) is 0 Å². The SMILES string of the molecule is Cc1ccc(Nc2ccc(C)cc2)cc1.[Cu].c1ccc(P(c2ccccc2)c2ccccc2)cc1.c1ccc(P(c2ccccc2)c2ccccc2)cc1. The minimum Gasteiger partial charge on any atom is -0.356 e. The normalized spacial score (nSPS) is 10.2. The Morgan fingerprint density at radius 1 is 0.259 bits per heavy atom. The topological polar surface area (TPSA) is 12.0 Å². The molecule has 0 atom stereocenters. The van der Waals surface area contributed by atoms with Crippen molar-refractivity contribution in [3.8, 4) is 0 Å². The Morgan fingerprint density at radius 3 is 0.630 bits per heavy atom. The third-order valence-electron chi connectivity index (χ3n) is 8.48. The summed E-state index contributed by atoms with van der Waals surface area (Å²) < 4.78 is 0. The van der Waals surface area contributed by atoms with E-state index in [1.165, 1.54) is 43.0 Å². The average Bonchev–Trinajstić information content (AvgIpc) is 3.23. The Hall–Kier alpha value is -5.06. The zero-order valence-electron chi connectivity index (χ0n) is 30.6. The molecule has 0 heterocycles. The molecule has 8 aromatic rings. The molecule has 0 aliphatic rings. The van der Waals surface area contributed by atoms with Crippen molar-refractivity contribution in [3.05, 3.63) is 242 Å². The van der Waals surface area contributed by atoms with E-state index in [4.69, 9.17) is 0 Å². The predicted molar refractivity (Wildman–Crippen MR) is 236 cm³/mol. The summed E-state index contributed by atoms with van der Waals surface area (Å²) in [6.07, 6.45) is 0. The van der Waals surface area contributed by atoms with Crippen LogP contribution in [0, 0.1) is 13.8 Å². The fourth-order valence-corrected chi connectivity index (χ4v) is 10.4. The van der Waals surface area contributed by atoms with Gasteiger partial charge >= 0.3 is 0 Å². The monoisotopic (exact) mass is 784 g/mol. The number of nitrogens with one attached hydrogen (secondary N) is 1. The van der Waals surface area contributed by atoms with Crippen LogP contribution in [0.2, 0.25) is 0 Å². The van der Waals surface area contributed by atoms with E-state index in [0.717, 1.165) is 11.4 Å². The van der Waals surface area contributed by atoms with E-state index >= 15 is 0 Å². The molecule has 0 aliphatic heterocycles. The number of hydrogen-bond donors (Lipinski definition) is 1. The quantitative estimate of drug-likeness (QED) is 0.120. The van der Waals surface area contributed by atoms with Gasteiger partial charge < -0.3 is 5.32 Å². The summed E-state index contributed by atoms with van der Waals surface area (Å²) in [6, 6.07) is 81.5. The summed E-state index contributed by atoms with van der Waals surface area (Å²) in [5, 5.41) is 11.7. The first-order valence-electron chi connectivity index (χ1n) is 17.9. The number of aryl methyl sites for hydroxylation is 2. The van der Waals surface area contributed by atoms with Gasteiger partial charge in [0.05, 0.1) is 0 Å². The van der Waals surface area contributed by atoms with Crippen molar-refractivity contribution < 1.29 is 17.1 Å². The third-order valence-corrected chi connectivity index (χ3v) is 13.4. The van der Waals surface area contributed by atoms with Gasteiger partial charge in [-0.25, -0.2) is 0 Å². The maximum absolute atomic E-state index is 3.36. The van der Waals surface area contributed by atoms with Crippen molar-refractivity contribution in [2.45, 2.75) is 13.8 Å². The van der Waals surface area contributed by atoms with Crippen LogP contribution in [0.25, 0.3) is 0 Å². The van der Waals surface area contributed by atoms with Crippen LogP contribution in [-0.2, 0) is 17.1 Å². The summed E-state index contributed by atoms with van der Waals surface area (Å²) in [4.78, 5) is 0. The first-order chi connectivity index (χ1) is 26.1. The van der Waals surface area contributed by atoms with Gasteiger partial charge in [0, 0.05) is 28.4 Å². The maximum Gasteiger partial charge on any atom is 0.0384 e. The fraction of sp³-hybridized carbons (Fsp3) is 0.0400. The van der Waals surface area contributed by atoms with Gasteiger partial charge in [-0.3, -0.25) is 0 Å². The van der Waals surface area contributed by atoms with Crippen LogP contribution in [-0.4, -0.2) is 0 Å². The van der Waals surface area contributed by atoms with E-state index < -0.39 is 15.8 Å². The molecule has 1 nitrogen and oxygen atoms in total. The Morgan fingerprint density at radius 2 is 0.444 bits per heavy atom. The van der Waals surface area contributed by atoms with Gasteiger partial charge in [0.25, 0.3) is 0 Å². The van der Waals surface area contributed by atoms with Crippen LogP contribution >= 0.6 is 15.8 Å². The van der Waals surface area contributed by atoms with Gasteiger partial charge in [0.1, 0.15) is 0 Å². The first kappa shape index (κ1) is 40.1. The van der Waals surface area contributed by atoms with Gasteiger partial charge in [-0.2, -0.15) is 0 Å². The van der Waals surface area contributed by atoms with Crippen LogP contribution in [0.5, 0.6) is 0 Å². The summed E-state index contributed by atoms with van der Waals surface area (Å²) in [5.74, 6) is 0. The second kappa shape index (κ2) is 21.6. The molecule has 0 fully saturated rings. The van der Waals surface area contributed by atoms with Gasteiger partial charge in [0.2, 0.25) is 0 Å². The molecule has 1 N–H and O–H groups in total. The molecule has 0 bridgehead atoms. The van der Waals surface area contributed by atoms with Gasteiger partial charge in [-0.05, 0) is 85.8 Å². The zero-order valence-corrected chi connectivity index (χ0v) is 33.4. The van der Waals surface area contributed by atoms with E-state index in [1.807, 2.05) is 0 Å². The van der Waals surface area contributed by atoms with Crippen LogP contribution in [0.1, 0.15) is 11.1 Å². The van der Waals surface area contributed by atoms with Gasteiger partial charge in [-0.15, -0.1) is 0 Å². The standard InChI is InChI=1S/2C18H15P.C14H15N.Cu/c2*1-4-10-16(11-5-1)19(17-12-6-2-7-13-17)18-14-8-3-9-15-18;1-11-3-7-13(8-4-11)15-14-9-5-12(2)6-10-14;/h2*1-15H;3-10,15H,1-2H3;. The first-order valence-corrected chi connectivity index (χ1v) is 20.6. The second-order valence-corrected chi connectivity index (χ2v) is 17.0. The number of benzene rings is 8. The zero-order chi connectivity index (χ0) is 36.5. The van der Waals surface area contributed by atoms with E-state index in [-0.39, 0.29) is 17.1 Å². The van der Waals surface area contributed by atoms with Crippen LogP contribution in [0.4, 0.5) is 11.4 Å². The number of anilines is 2. The Kier molecular flexibility index (Phi) is 16.0. The van der Waals surface area contributed by atoms with Crippen molar-refractivity contribution in [2.75, 3.05) is 5.32 Å². The minimum atomic E-state index is -0.446. The molecule has 271 valence electrons. The molecule has 0 amide bonds. The molecular weight excluding hydrogens is 740 g/mol. The molecule has 0 unspecified atom stereocenters. The summed E-state index contributed by atoms with van der Waals surface area (Å²) in [6.45, 7) is 4.19. The van der Waals surface area contributed by atoms with E-state index in [9.17, 15) is 0 Å². The molecule has 0 saturated carbocycles. The summed E-state index contributed by atoms with van der Waals surface area (Å²) >= 11 is 0. The number of rotatable bonds is 8. The second-order valence-electron chi connectivity index (χ2n) is 12.5. The van der Waals surface area contributed by atoms with Crippen LogP contribution in [0.15, 0.2) is 231 Å². The molecule has 54 heavy (non-hydrogen) atoms.